The van der Waals surface area contributed by atoms with Gasteiger partial charge < -0.3 is 10.1 Å². The summed E-state index contributed by atoms with van der Waals surface area (Å²) in [5, 5.41) is 4.25. The van der Waals surface area contributed by atoms with Gasteiger partial charge in [0.25, 0.3) is 0 Å². The molecule has 1 saturated carbocycles. The van der Waals surface area contributed by atoms with E-state index in [4.69, 9.17) is 16.3 Å². The highest BCUT2D eigenvalue weighted by Gasteiger charge is 2.31. The van der Waals surface area contributed by atoms with Crippen LogP contribution in [0.5, 0.6) is 5.75 Å². The van der Waals surface area contributed by atoms with Gasteiger partial charge >= 0.3 is 0 Å². The maximum Gasteiger partial charge on any atom is 0.123 e. The normalized spacial score (nSPS) is 24.4. The van der Waals surface area contributed by atoms with Gasteiger partial charge in [0.05, 0.1) is 7.11 Å². The minimum absolute atomic E-state index is 0.338. The first kappa shape index (κ1) is 14.7. The van der Waals surface area contributed by atoms with E-state index in [2.05, 4.69) is 12.2 Å². The van der Waals surface area contributed by atoms with Crippen LogP contribution in [0.25, 0.3) is 0 Å². The fourth-order valence-corrected chi connectivity index (χ4v) is 3.56. The van der Waals surface area contributed by atoms with Crippen molar-refractivity contribution in [1.82, 2.24) is 5.32 Å². The van der Waals surface area contributed by atoms with Gasteiger partial charge in [0, 0.05) is 16.6 Å². The Balaban J connectivity index is 2.24. The smallest absolute Gasteiger partial charge is 0.123 e. The van der Waals surface area contributed by atoms with Gasteiger partial charge in [-0.05, 0) is 49.9 Å². The zero-order valence-corrected chi connectivity index (χ0v) is 12.8. The van der Waals surface area contributed by atoms with E-state index in [0.29, 0.717) is 12.0 Å². The fourth-order valence-electron chi connectivity index (χ4n) is 3.38. The molecule has 2 rings (SSSR count). The van der Waals surface area contributed by atoms with Gasteiger partial charge in [-0.15, -0.1) is 0 Å². The summed E-state index contributed by atoms with van der Waals surface area (Å²) in [5.74, 6) is 2.50. The van der Waals surface area contributed by atoms with Crippen molar-refractivity contribution in [2.75, 3.05) is 14.2 Å². The molecular weight excluding hydrogens is 258 g/mol. The first-order valence-electron chi connectivity index (χ1n) is 7.20. The summed E-state index contributed by atoms with van der Waals surface area (Å²) >= 11 is 6.15. The van der Waals surface area contributed by atoms with Crippen LogP contribution < -0.4 is 10.1 Å². The molecular formula is C16H24ClNO. The van der Waals surface area contributed by atoms with E-state index in [9.17, 15) is 0 Å². The summed E-state index contributed by atoms with van der Waals surface area (Å²) in [5.41, 5.74) is 1.19. The molecule has 106 valence electrons. The molecule has 1 aliphatic rings. The summed E-state index contributed by atoms with van der Waals surface area (Å²) < 4.78 is 5.50. The Bertz CT molecular complexity index is 421. The van der Waals surface area contributed by atoms with Crippen LogP contribution in [0.15, 0.2) is 18.2 Å². The van der Waals surface area contributed by atoms with Crippen LogP contribution in [0, 0.1) is 11.8 Å². The van der Waals surface area contributed by atoms with Gasteiger partial charge in [0.1, 0.15) is 5.75 Å². The Hall–Kier alpha value is -0.730. The maximum atomic E-state index is 6.15. The highest BCUT2D eigenvalue weighted by Crippen LogP contribution is 2.42. The quantitative estimate of drug-likeness (QED) is 0.862. The second-order valence-corrected chi connectivity index (χ2v) is 5.94. The topological polar surface area (TPSA) is 21.3 Å². The average Bonchev–Trinajstić information content (AvgIpc) is 2.89. The molecule has 1 aliphatic carbocycles. The number of methoxy groups -OCH3 is 1. The van der Waals surface area contributed by atoms with Crippen molar-refractivity contribution in [2.45, 2.75) is 38.6 Å². The van der Waals surface area contributed by atoms with E-state index in [1.165, 1.54) is 31.2 Å². The Kier molecular flexibility index (Phi) is 5.12. The van der Waals surface area contributed by atoms with Crippen LogP contribution in [0.1, 0.15) is 44.2 Å². The van der Waals surface area contributed by atoms with Crippen LogP contribution in [0.3, 0.4) is 0 Å². The van der Waals surface area contributed by atoms with Gasteiger partial charge in [-0.25, -0.2) is 0 Å². The van der Waals surface area contributed by atoms with E-state index in [0.717, 1.165) is 16.7 Å². The Morgan fingerprint density at radius 1 is 1.42 bits per heavy atom. The molecule has 0 bridgehead atoms. The molecule has 3 heteroatoms. The lowest BCUT2D eigenvalue weighted by Gasteiger charge is -2.25. The van der Waals surface area contributed by atoms with Gasteiger partial charge in [-0.2, -0.15) is 0 Å². The Morgan fingerprint density at radius 3 is 2.79 bits per heavy atom. The molecule has 2 nitrogen and oxygen atoms in total. The van der Waals surface area contributed by atoms with Crippen molar-refractivity contribution >= 4 is 11.6 Å². The summed E-state index contributed by atoms with van der Waals surface area (Å²) in [6.07, 6.45) is 5.24. The molecule has 1 fully saturated rings. The minimum Gasteiger partial charge on any atom is -0.496 e. The molecule has 1 N–H and O–H groups in total. The van der Waals surface area contributed by atoms with E-state index in [1.54, 1.807) is 7.11 Å². The van der Waals surface area contributed by atoms with Crippen LogP contribution >= 0.6 is 11.6 Å². The lowest BCUT2D eigenvalue weighted by molar-refractivity contribution is 0.349. The minimum atomic E-state index is 0.338. The summed E-state index contributed by atoms with van der Waals surface area (Å²) in [4.78, 5) is 0. The SMILES string of the molecule is CCC1CCC(C(NC)c2cc(Cl)ccc2OC)C1. The molecule has 1 aromatic rings. The van der Waals surface area contributed by atoms with Crippen LogP contribution in [0.4, 0.5) is 0 Å². The predicted octanol–water partition coefficient (Wildman–Crippen LogP) is 4.44. The largest absolute Gasteiger partial charge is 0.496 e. The van der Waals surface area contributed by atoms with Crippen molar-refractivity contribution < 1.29 is 4.74 Å². The third-order valence-corrected chi connectivity index (χ3v) is 4.70. The van der Waals surface area contributed by atoms with Crippen molar-refractivity contribution in [3.8, 4) is 5.75 Å². The molecule has 0 radical (unpaired) electrons. The highest BCUT2D eigenvalue weighted by molar-refractivity contribution is 6.30. The second-order valence-electron chi connectivity index (χ2n) is 5.50. The molecule has 0 spiro atoms. The number of halogens is 1. The third kappa shape index (κ3) is 3.24. The molecule has 0 amide bonds. The van der Waals surface area contributed by atoms with Crippen molar-refractivity contribution in [3.63, 3.8) is 0 Å². The number of hydrogen-bond acceptors (Lipinski definition) is 2. The third-order valence-electron chi connectivity index (χ3n) is 4.47. The first-order valence-corrected chi connectivity index (χ1v) is 7.58. The van der Waals surface area contributed by atoms with Crippen molar-refractivity contribution in [3.05, 3.63) is 28.8 Å². The van der Waals surface area contributed by atoms with Gasteiger partial charge in [0.15, 0.2) is 0 Å². The summed E-state index contributed by atoms with van der Waals surface area (Å²) in [6, 6.07) is 6.24. The first-order chi connectivity index (χ1) is 9.19. The van der Waals surface area contributed by atoms with Crippen molar-refractivity contribution in [2.24, 2.45) is 11.8 Å². The Labute approximate surface area is 121 Å². The molecule has 0 aromatic heterocycles. The maximum absolute atomic E-state index is 6.15. The zero-order chi connectivity index (χ0) is 13.8. The fraction of sp³-hybridized carbons (Fsp3) is 0.625. The number of nitrogens with one attached hydrogen (secondary N) is 1. The molecule has 3 atom stereocenters. The zero-order valence-electron chi connectivity index (χ0n) is 12.1. The molecule has 0 aliphatic heterocycles. The lowest BCUT2D eigenvalue weighted by Crippen LogP contribution is -2.24. The van der Waals surface area contributed by atoms with Crippen LogP contribution in [-0.4, -0.2) is 14.2 Å². The number of rotatable bonds is 5. The molecule has 0 saturated heterocycles. The monoisotopic (exact) mass is 281 g/mol. The number of ether oxygens (including phenoxy) is 1. The molecule has 3 unspecified atom stereocenters. The van der Waals surface area contributed by atoms with Crippen LogP contribution in [-0.2, 0) is 0 Å². The van der Waals surface area contributed by atoms with E-state index in [-0.39, 0.29) is 0 Å². The number of hydrogen-bond donors (Lipinski definition) is 1. The van der Waals surface area contributed by atoms with Gasteiger partial charge in [0.2, 0.25) is 0 Å². The molecule has 0 heterocycles. The average molecular weight is 282 g/mol. The predicted molar refractivity (Wildman–Crippen MR) is 80.9 cm³/mol. The lowest BCUT2D eigenvalue weighted by atomic mass is 9.90. The number of benzene rings is 1. The van der Waals surface area contributed by atoms with Crippen molar-refractivity contribution in [1.29, 1.82) is 0 Å². The Morgan fingerprint density at radius 2 is 2.21 bits per heavy atom. The summed E-state index contributed by atoms with van der Waals surface area (Å²) in [6.45, 7) is 2.29. The molecule has 19 heavy (non-hydrogen) atoms. The highest BCUT2D eigenvalue weighted by atomic mass is 35.5. The standard InChI is InChI=1S/C16H24ClNO/c1-4-11-5-6-12(9-11)16(18-2)14-10-13(17)7-8-15(14)19-3/h7-8,10-12,16,18H,4-6,9H2,1-3H3. The van der Waals surface area contributed by atoms with E-state index in [1.807, 2.05) is 25.2 Å². The van der Waals surface area contributed by atoms with E-state index >= 15 is 0 Å². The van der Waals surface area contributed by atoms with E-state index < -0.39 is 0 Å². The van der Waals surface area contributed by atoms with Gasteiger partial charge in [-0.1, -0.05) is 31.4 Å². The van der Waals surface area contributed by atoms with Crippen LogP contribution in [0.2, 0.25) is 5.02 Å². The molecule has 1 aromatic carbocycles. The summed E-state index contributed by atoms with van der Waals surface area (Å²) in [7, 11) is 3.76. The second kappa shape index (κ2) is 6.62. The van der Waals surface area contributed by atoms with Gasteiger partial charge in [-0.3, -0.25) is 0 Å².